The van der Waals surface area contributed by atoms with Gasteiger partial charge in [0.05, 0.1) is 40.8 Å². The van der Waals surface area contributed by atoms with Gasteiger partial charge in [-0.25, -0.2) is 4.98 Å². The molecule has 3 rings (SSSR count). The van der Waals surface area contributed by atoms with E-state index in [1.54, 1.807) is 32.1 Å². The summed E-state index contributed by atoms with van der Waals surface area (Å²) in [5, 5.41) is 24.7. The van der Waals surface area contributed by atoms with Crippen molar-refractivity contribution in [1.82, 2.24) is 4.98 Å². The number of ketones is 1. The third kappa shape index (κ3) is 6.28. The van der Waals surface area contributed by atoms with Crippen LogP contribution in [0.15, 0.2) is 22.6 Å². The Hall–Kier alpha value is -1.87. The Morgan fingerprint density at radius 3 is 2.54 bits per heavy atom. The molecule has 0 amide bonds. The molecule has 2 aliphatic rings. The van der Waals surface area contributed by atoms with Gasteiger partial charge in [0.1, 0.15) is 17.5 Å². The number of aliphatic hydroxyl groups is 2. The third-order valence-electron chi connectivity index (χ3n) is 7.56. The van der Waals surface area contributed by atoms with Crippen molar-refractivity contribution in [3.05, 3.63) is 33.3 Å². The summed E-state index contributed by atoms with van der Waals surface area (Å²) in [4.78, 5) is 30.6. The van der Waals surface area contributed by atoms with Crippen molar-refractivity contribution in [1.29, 1.82) is 0 Å². The minimum Gasteiger partial charge on any atom is -0.457 e. The predicted molar refractivity (Wildman–Crippen MR) is 136 cm³/mol. The number of Topliss-reactive ketones (excluding diaryl/α,β-unsaturated/α-hetero) is 1. The number of nitrogens with zero attached hydrogens (tertiary/aromatic N) is 1. The van der Waals surface area contributed by atoms with Gasteiger partial charge in [-0.05, 0) is 52.2 Å². The lowest BCUT2D eigenvalue weighted by Crippen LogP contribution is -2.48. The molecule has 8 heteroatoms. The van der Waals surface area contributed by atoms with Gasteiger partial charge >= 0.3 is 5.97 Å². The zero-order valence-corrected chi connectivity index (χ0v) is 22.6. The molecule has 7 nitrogen and oxygen atoms in total. The Kier molecular flexibility index (Phi) is 8.41. The first-order valence-corrected chi connectivity index (χ1v) is 13.2. The maximum atomic E-state index is 13.3. The molecule has 2 unspecified atom stereocenters. The first kappa shape index (κ1) is 27.7. The number of thiazole rings is 1. The number of cyclic esters (lactones) is 1. The lowest BCUT2D eigenvalue weighted by molar-refractivity contribution is -0.154. The summed E-state index contributed by atoms with van der Waals surface area (Å²) in [6.45, 7) is 12.6. The molecule has 0 radical (unpaired) electrons. The van der Waals surface area contributed by atoms with Crippen LogP contribution < -0.4 is 0 Å². The fraction of sp³-hybridized carbons (Fsp3) is 0.667. The molecule has 6 atom stereocenters. The van der Waals surface area contributed by atoms with E-state index >= 15 is 0 Å². The van der Waals surface area contributed by atoms with Crippen molar-refractivity contribution in [3.8, 4) is 0 Å². The summed E-state index contributed by atoms with van der Waals surface area (Å²) >= 11 is 1.55. The van der Waals surface area contributed by atoms with Gasteiger partial charge in [-0.3, -0.25) is 9.59 Å². The van der Waals surface area contributed by atoms with Gasteiger partial charge in [0.2, 0.25) is 0 Å². The highest BCUT2D eigenvalue weighted by Crippen LogP contribution is 2.46. The van der Waals surface area contributed by atoms with Crippen molar-refractivity contribution in [3.63, 3.8) is 0 Å². The standard InChI is InChI=1S/C27H39NO6S/c1-15-8-10-20(16(2)12-19-14-35-18(4)28-19)33-23(30)13-21(29)26(5,6)24(31)17(3)25(32)27(7)22(34-27)11-9-15/h8,12,14,17,20-22,25,29,32H,9-11,13H2,1-7H3/b15-8-,16-12?/t17-,20-,21-,22?,25+,27?/m0/s1. The predicted octanol–water partition coefficient (Wildman–Crippen LogP) is 4.40. The van der Waals surface area contributed by atoms with E-state index in [1.807, 2.05) is 39.2 Å². The minimum absolute atomic E-state index is 0.139. The largest absolute Gasteiger partial charge is 0.457 e. The van der Waals surface area contributed by atoms with Gasteiger partial charge in [-0.1, -0.05) is 32.4 Å². The van der Waals surface area contributed by atoms with Crippen molar-refractivity contribution >= 4 is 29.2 Å². The number of rotatable bonds is 2. The second kappa shape index (κ2) is 10.6. The number of aliphatic hydroxyl groups excluding tert-OH is 2. The van der Waals surface area contributed by atoms with Crippen LogP contribution in [0.3, 0.4) is 0 Å². The van der Waals surface area contributed by atoms with E-state index in [2.05, 4.69) is 11.1 Å². The second-order valence-corrected chi connectivity index (χ2v) is 11.9. The Bertz CT molecular complexity index is 1010. The maximum absolute atomic E-state index is 13.3. The molecule has 3 heterocycles. The first-order chi connectivity index (χ1) is 16.3. The van der Waals surface area contributed by atoms with Gasteiger partial charge < -0.3 is 19.7 Å². The van der Waals surface area contributed by atoms with E-state index < -0.39 is 41.2 Å². The summed E-state index contributed by atoms with van der Waals surface area (Å²) in [6, 6.07) is 0. The number of aromatic nitrogens is 1. The number of ether oxygens (including phenoxy) is 2. The number of aryl methyl sites for hydroxylation is 1. The van der Waals surface area contributed by atoms with Gasteiger partial charge in [0.25, 0.3) is 0 Å². The highest BCUT2D eigenvalue weighted by atomic mass is 32.1. The van der Waals surface area contributed by atoms with E-state index in [0.717, 1.165) is 34.7 Å². The number of allylic oxidation sites excluding steroid dienone is 1. The molecule has 35 heavy (non-hydrogen) atoms. The van der Waals surface area contributed by atoms with E-state index in [0.29, 0.717) is 6.42 Å². The second-order valence-electron chi connectivity index (χ2n) is 10.8. The fourth-order valence-electron chi connectivity index (χ4n) is 4.76. The molecule has 1 aromatic heterocycles. The number of hydrogen-bond donors (Lipinski definition) is 2. The number of carbonyl (C=O) groups excluding carboxylic acids is 2. The van der Waals surface area contributed by atoms with Crippen molar-refractivity contribution < 1.29 is 29.3 Å². The van der Waals surface area contributed by atoms with Crippen LogP contribution in [0.5, 0.6) is 0 Å². The van der Waals surface area contributed by atoms with Crippen molar-refractivity contribution in [2.45, 2.75) is 104 Å². The minimum atomic E-state index is -1.25. The normalized spacial score (nSPS) is 36.7. The maximum Gasteiger partial charge on any atom is 0.309 e. The van der Waals surface area contributed by atoms with Crippen LogP contribution in [0.1, 0.15) is 77.9 Å². The summed E-state index contributed by atoms with van der Waals surface area (Å²) in [5.41, 5.74) is 0.770. The lowest BCUT2D eigenvalue weighted by atomic mass is 9.73. The van der Waals surface area contributed by atoms with E-state index in [9.17, 15) is 19.8 Å². The van der Waals surface area contributed by atoms with Gasteiger partial charge in [-0.15, -0.1) is 11.3 Å². The number of esters is 1. The quantitative estimate of drug-likeness (QED) is 0.348. The van der Waals surface area contributed by atoms with Crippen LogP contribution in [0.25, 0.3) is 6.08 Å². The highest BCUT2D eigenvalue weighted by molar-refractivity contribution is 7.09. The van der Waals surface area contributed by atoms with Crippen LogP contribution in [-0.4, -0.2) is 57.0 Å². The van der Waals surface area contributed by atoms with Crippen molar-refractivity contribution in [2.75, 3.05) is 0 Å². The zero-order valence-electron chi connectivity index (χ0n) is 21.8. The summed E-state index contributed by atoms with van der Waals surface area (Å²) in [6.07, 6.45) is 2.75. The van der Waals surface area contributed by atoms with Crippen LogP contribution in [0.4, 0.5) is 0 Å². The molecule has 194 valence electrons. The van der Waals surface area contributed by atoms with Gasteiger partial charge in [0, 0.05) is 17.7 Å². The molecule has 1 aromatic rings. The molecule has 0 bridgehead atoms. The number of carbonyl (C=O) groups is 2. The van der Waals surface area contributed by atoms with E-state index in [4.69, 9.17) is 9.47 Å². The molecule has 0 aliphatic carbocycles. The molecule has 1 fully saturated rings. The molecule has 2 aliphatic heterocycles. The number of epoxide rings is 1. The Labute approximate surface area is 212 Å². The van der Waals surface area contributed by atoms with E-state index in [1.165, 1.54) is 0 Å². The van der Waals surface area contributed by atoms with Crippen LogP contribution >= 0.6 is 11.3 Å². The lowest BCUT2D eigenvalue weighted by Gasteiger charge is -2.34. The molecule has 0 spiro atoms. The topological polar surface area (TPSA) is 109 Å². The first-order valence-electron chi connectivity index (χ1n) is 12.3. The Morgan fingerprint density at radius 1 is 1.23 bits per heavy atom. The third-order valence-corrected chi connectivity index (χ3v) is 8.35. The van der Waals surface area contributed by atoms with Crippen LogP contribution in [0, 0.1) is 18.3 Å². The SMILES string of the molecule is CC(=Cc1csc(C)n1)[C@@H]1C/C=C(/C)CCC2OC2(C)[C@H](O)[C@@H](C)C(=O)C(C)(C)[C@@H](O)CC(=O)O1. The average Bonchev–Trinajstić information content (AvgIpc) is 3.29. The Morgan fingerprint density at radius 2 is 1.91 bits per heavy atom. The summed E-state index contributed by atoms with van der Waals surface area (Å²) in [5.74, 6) is -1.64. The zero-order chi connectivity index (χ0) is 26.1. The smallest absolute Gasteiger partial charge is 0.309 e. The Balaban J connectivity index is 1.88. The number of hydrogen-bond acceptors (Lipinski definition) is 8. The van der Waals surface area contributed by atoms with Crippen LogP contribution in [0.2, 0.25) is 0 Å². The average molecular weight is 506 g/mol. The van der Waals surface area contributed by atoms with E-state index in [-0.39, 0.29) is 18.3 Å². The van der Waals surface area contributed by atoms with Crippen LogP contribution in [-0.2, 0) is 19.1 Å². The van der Waals surface area contributed by atoms with Gasteiger partial charge in [0.15, 0.2) is 0 Å². The molecular weight excluding hydrogens is 466 g/mol. The van der Waals surface area contributed by atoms with Gasteiger partial charge in [-0.2, -0.15) is 0 Å². The summed E-state index contributed by atoms with van der Waals surface area (Å²) in [7, 11) is 0. The highest BCUT2D eigenvalue weighted by Gasteiger charge is 2.59. The monoisotopic (exact) mass is 505 g/mol. The molecule has 0 saturated carbocycles. The fourth-order valence-corrected chi connectivity index (χ4v) is 5.33. The molecule has 2 N–H and O–H groups in total. The number of fused-ring (bicyclic) bond motifs is 1. The summed E-state index contributed by atoms with van der Waals surface area (Å²) < 4.78 is 11.7. The van der Waals surface area contributed by atoms with Crippen molar-refractivity contribution in [2.24, 2.45) is 11.3 Å². The molecule has 0 aromatic carbocycles. The molecular formula is C27H39NO6S. The molecule has 1 saturated heterocycles.